The number of hydrogen-bond donors (Lipinski definition) is 0. The van der Waals surface area contributed by atoms with Gasteiger partial charge in [-0.1, -0.05) is 28.6 Å². The van der Waals surface area contributed by atoms with E-state index in [-0.39, 0.29) is 23.6 Å². The minimum atomic E-state index is -4.50. The van der Waals surface area contributed by atoms with Gasteiger partial charge in [0.25, 0.3) is 0 Å². The summed E-state index contributed by atoms with van der Waals surface area (Å²) in [7, 11) is 0. The molecule has 0 bridgehead atoms. The van der Waals surface area contributed by atoms with E-state index < -0.39 is 11.7 Å². The summed E-state index contributed by atoms with van der Waals surface area (Å²) in [4.78, 5) is 2.51. The van der Waals surface area contributed by atoms with Gasteiger partial charge in [-0.2, -0.15) is 13.2 Å². The minimum Gasteiger partial charge on any atom is -0.166 e. The Balaban J connectivity index is 2.98. The molecule has 1 rings (SSSR count). The lowest BCUT2D eigenvalue weighted by Crippen LogP contribution is -2.07. The van der Waals surface area contributed by atoms with E-state index in [9.17, 15) is 13.2 Å². The number of benzene rings is 1. The van der Waals surface area contributed by atoms with Crippen molar-refractivity contribution in [3.8, 4) is 11.8 Å². The van der Waals surface area contributed by atoms with Crippen molar-refractivity contribution < 1.29 is 13.2 Å². The van der Waals surface area contributed by atoms with Crippen molar-refractivity contribution in [2.24, 2.45) is 5.11 Å². The molecule has 0 amide bonds. The molecule has 0 N–H and O–H groups in total. The molecule has 18 heavy (non-hydrogen) atoms. The molecule has 0 saturated carbocycles. The Morgan fingerprint density at radius 3 is 2.72 bits per heavy atom. The van der Waals surface area contributed by atoms with Crippen LogP contribution in [0.2, 0.25) is 5.02 Å². The summed E-state index contributed by atoms with van der Waals surface area (Å²) in [6.45, 7) is 0.123. The van der Waals surface area contributed by atoms with Gasteiger partial charge in [-0.15, -0.1) is 0 Å². The van der Waals surface area contributed by atoms with Crippen LogP contribution in [0.3, 0.4) is 0 Å². The second-order valence-electron chi connectivity index (χ2n) is 3.19. The quantitative estimate of drug-likeness (QED) is 0.252. The van der Waals surface area contributed by atoms with E-state index in [0.717, 1.165) is 6.07 Å². The highest BCUT2D eigenvalue weighted by atomic mass is 35.5. The number of azide groups is 1. The van der Waals surface area contributed by atoms with E-state index in [1.807, 2.05) is 0 Å². The summed E-state index contributed by atoms with van der Waals surface area (Å²) in [6, 6.07) is 3.39. The van der Waals surface area contributed by atoms with E-state index in [1.165, 1.54) is 12.1 Å². The zero-order valence-corrected chi connectivity index (χ0v) is 9.76. The van der Waals surface area contributed by atoms with Crippen LogP contribution >= 0.6 is 11.6 Å². The number of rotatable bonds is 2. The maximum Gasteiger partial charge on any atom is 0.417 e. The maximum absolute atomic E-state index is 12.7. The van der Waals surface area contributed by atoms with Crippen LogP contribution in [0.1, 0.15) is 17.5 Å². The minimum absolute atomic E-state index is 0.00181. The largest absolute Gasteiger partial charge is 0.417 e. The van der Waals surface area contributed by atoms with E-state index in [2.05, 4.69) is 21.9 Å². The molecular formula is C11H7ClF3N3. The standard InChI is InChI=1S/C11H7ClF3N3/c12-9-5-4-8(3-1-2-6-17-18-16)10(7-9)11(13,14)15/h4-5,7H,2,6H2. The average Bonchev–Trinajstić information content (AvgIpc) is 2.29. The van der Waals surface area contributed by atoms with E-state index >= 15 is 0 Å². The Kier molecular flexibility index (Phi) is 4.90. The van der Waals surface area contributed by atoms with Crippen LogP contribution in [0.4, 0.5) is 13.2 Å². The highest BCUT2D eigenvalue weighted by molar-refractivity contribution is 6.30. The lowest BCUT2D eigenvalue weighted by atomic mass is 10.1. The summed E-state index contributed by atoms with van der Waals surface area (Å²) >= 11 is 5.52. The Hall–Kier alpha value is -1.83. The Labute approximate surface area is 106 Å². The summed E-state index contributed by atoms with van der Waals surface area (Å²) in [5, 5.41) is 3.22. The first-order chi connectivity index (χ1) is 8.45. The summed E-state index contributed by atoms with van der Waals surface area (Å²) < 4.78 is 38.0. The molecule has 7 heteroatoms. The first-order valence-corrected chi connectivity index (χ1v) is 5.19. The fraction of sp³-hybridized carbons (Fsp3) is 0.273. The van der Waals surface area contributed by atoms with Gasteiger partial charge in [0.2, 0.25) is 0 Å². The van der Waals surface area contributed by atoms with E-state index in [4.69, 9.17) is 17.1 Å². The van der Waals surface area contributed by atoms with Crippen LogP contribution < -0.4 is 0 Å². The lowest BCUT2D eigenvalue weighted by Gasteiger charge is -2.09. The Morgan fingerprint density at radius 1 is 1.39 bits per heavy atom. The molecule has 3 nitrogen and oxygen atoms in total. The molecule has 0 radical (unpaired) electrons. The summed E-state index contributed by atoms with van der Waals surface area (Å²) in [5.41, 5.74) is 7.00. The molecule has 0 unspecified atom stereocenters. The molecule has 0 aliphatic rings. The molecule has 0 heterocycles. The molecular weight excluding hydrogens is 267 g/mol. The second kappa shape index (κ2) is 6.20. The molecule has 0 saturated heterocycles. The fourth-order valence-corrected chi connectivity index (χ4v) is 1.34. The first kappa shape index (κ1) is 14.2. The third-order valence-electron chi connectivity index (χ3n) is 1.91. The third kappa shape index (κ3) is 4.21. The molecule has 0 aliphatic heterocycles. The van der Waals surface area contributed by atoms with Crippen LogP contribution in [-0.4, -0.2) is 6.54 Å². The zero-order chi connectivity index (χ0) is 13.6. The predicted octanol–water partition coefficient (Wildman–Crippen LogP) is 4.41. The van der Waals surface area contributed by atoms with E-state index in [0.29, 0.717) is 0 Å². The molecule has 0 aromatic heterocycles. The first-order valence-electron chi connectivity index (χ1n) is 4.81. The topological polar surface area (TPSA) is 48.8 Å². The SMILES string of the molecule is [N-]=[N+]=NCCC#Cc1ccc(Cl)cc1C(F)(F)F. The van der Waals surface area contributed by atoms with Gasteiger partial charge in [0.1, 0.15) is 0 Å². The molecule has 94 valence electrons. The van der Waals surface area contributed by atoms with Crippen LogP contribution in [0.15, 0.2) is 23.3 Å². The van der Waals surface area contributed by atoms with Crippen LogP contribution in [0.25, 0.3) is 10.4 Å². The maximum atomic E-state index is 12.7. The van der Waals surface area contributed by atoms with Gasteiger partial charge in [-0.25, -0.2) is 0 Å². The van der Waals surface area contributed by atoms with Gasteiger partial charge in [-0.3, -0.25) is 0 Å². The molecule has 0 aliphatic carbocycles. The average molecular weight is 274 g/mol. The van der Waals surface area contributed by atoms with Gasteiger partial charge in [-0.05, 0) is 23.7 Å². The third-order valence-corrected chi connectivity index (χ3v) is 2.15. The zero-order valence-electron chi connectivity index (χ0n) is 9.00. The number of nitrogens with zero attached hydrogens (tertiary/aromatic N) is 3. The highest BCUT2D eigenvalue weighted by Gasteiger charge is 2.33. The van der Waals surface area contributed by atoms with E-state index in [1.54, 1.807) is 0 Å². The van der Waals surface area contributed by atoms with Crippen molar-refractivity contribution in [2.45, 2.75) is 12.6 Å². The molecule has 1 aromatic rings. The van der Waals surface area contributed by atoms with Crippen LogP contribution in [0.5, 0.6) is 0 Å². The van der Waals surface area contributed by atoms with Crippen molar-refractivity contribution in [3.63, 3.8) is 0 Å². The van der Waals surface area contributed by atoms with Crippen molar-refractivity contribution in [1.82, 2.24) is 0 Å². The highest BCUT2D eigenvalue weighted by Crippen LogP contribution is 2.33. The van der Waals surface area contributed by atoms with Gasteiger partial charge < -0.3 is 0 Å². The number of hydrogen-bond acceptors (Lipinski definition) is 1. The van der Waals surface area contributed by atoms with Crippen molar-refractivity contribution in [2.75, 3.05) is 6.54 Å². The summed E-state index contributed by atoms with van der Waals surface area (Å²) in [6.07, 6.45) is -4.30. The fourth-order valence-electron chi connectivity index (χ4n) is 1.17. The number of halogens is 4. The van der Waals surface area contributed by atoms with Crippen LogP contribution in [0, 0.1) is 11.8 Å². The normalized spacial score (nSPS) is 10.2. The number of alkyl halides is 3. The van der Waals surface area contributed by atoms with Crippen molar-refractivity contribution in [3.05, 3.63) is 44.8 Å². The van der Waals surface area contributed by atoms with Gasteiger partial charge >= 0.3 is 6.18 Å². The second-order valence-corrected chi connectivity index (χ2v) is 3.63. The molecule has 1 aromatic carbocycles. The smallest absolute Gasteiger partial charge is 0.166 e. The molecule has 0 spiro atoms. The predicted molar refractivity (Wildman–Crippen MR) is 62.0 cm³/mol. The van der Waals surface area contributed by atoms with Gasteiger partial charge in [0, 0.05) is 28.5 Å². The Morgan fingerprint density at radius 2 is 2.11 bits per heavy atom. The molecule has 0 fully saturated rings. The van der Waals surface area contributed by atoms with Crippen molar-refractivity contribution >= 4 is 11.6 Å². The lowest BCUT2D eigenvalue weighted by molar-refractivity contribution is -0.137. The van der Waals surface area contributed by atoms with Gasteiger partial charge in [0.15, 0.2) is 0 Å². The van der Waals surface area contributed by atoms with Crippen molar-refractivity contribution in [1.29, 1.82) is 0 Å². The Bertz CT molecular complexity index is 537. The van der Waals surface area contributed by atoms with Crippen LogP contribution in [-0.2, 0) is 6.18 Å². The molecule has 0 atom stereocenters. The monoisotopic (exact) mass is 273 g/mol. The van der Waals surface area contributed by atoms with Gasteiger partial charge in [0.05, 0.1) is 5.56 Å². The summed E-state index contributed by atoms with van der Waals surface area (Å²) in [5.74, 6) is 4.90.